The molecule has 0 N–H and O–H groups in total. The van der Waals surface area contributed by atoms with E-state index in [9.17, 15) is 4.79 Å². The van der Waals surface area contributed by atoms with Gasteiger partial charge in [-0.3, -0.25) is 14.4 Å². The van der Waals surface area contributed by atoms with Gasteiger partial charge in [0, 0.05) is 43.2 Å². The summed E-state index contributed by atoms with van der Waals surface area (Å²) in [5.41, 5.74) is 1.90. The van der Waals surface area contributed by atoms with Crippen LogP contribution in [0.3, 0.4) is 0 Å². The number of likely N-dealkylation sites (N-methyl/N-ethyl adjacent to an activating group) is 1. The Kier molecular flexibility index (Phi) is 4.65. The standard InChI is InChI=1S/C20H28N4OS/c1-15(2)11-24-13-17-18(21-24)20(14-22(3)19(17)25)6-8-23(9-7-20)12-16-5-4-10-26-16/h4-5,10,13,15H,6-9,11-12,14H2,1-3H3. The van der Waals surface area contributed by atoms with Gasteiger partial charge in [-0.25, -0.2) is 0 Å². The predicted octanol–water partition coefficient (Wildman–Crippen LogP) is 3.22. The van der Waals surface area contributed by atoms with Crippen molar-refractivity contribution in [2.75, 3.05) is 26.7 Å². The summed E-state index contributed by atoms with van der Waals surface area (Å²) in [6.07, 6.45) is 4.12. The molecular formula is C20H28N4OS. The number of fused-ring (bicyclic) bond motifs is 2. The predicted molar refractivity (Wildman–Crippen MR) is 105 cm³/mol. The molecule has 0 radical (unpaired) electrons. The smallest absolute Gasteiger partial charge is 0.257 e. The molecular weight excluding hydrogens is 344 g/mol. The van der Waals surface area contributed by atoms with Crippen molar-refractivity contribution in [1.82, 2.24) is 19.6 Å². The van der Waals surface area contributed by atoms with Crippen molar-refractivity contribution in [2.45, 2.75) is 45.2 Å². The molecule has 0 unspecified atom stereocenters. The van der Waals surface area contributed by atoms with Crippen LogP contribution in [0.1, 0.15) is 47.6 Å². The van der Waals surface area contributed by atoms with E-state index < -0.39 is 0 Å². The van der Waals surface area contributed by atoms with Gasteiger partial charge >= 0.3 is 0 Å². The molecule has 0 aromatic carbocycles. The Morgan fingerprint density at radius 3 is 2.73 bits per heavy atom. The molecule has 1 saturated heterocycles. The Hall–Kier alpha value is -1.66. The van der Waals surface area contributed by atoms with Crippen molar-refractivity contribution in [1.29, 1.82) is 0 Å². The lowest BCUT2D eigenvalue weighted by atomic mass is 9.72. The quantitative estimate of drug-likeness (QED) is 0.827. The summed E-state index contributed by atoms with van der Waals surface area (Å²) in [7, 11) is 1.94. The SMILES string of the molecule is CC(C)Cn1cc2c(n1)C1(CCN(Cc3cccs3)CC1)CN(C)C2=O. The normalized spacial score (nSPS) is 20.2. The number of carbonyl (C=O) groups is 1. The largest absolute Gasteiger partial charge is 0.341 e. The Bertz CT molecular complexity index is 772. The maximum atomic E-state index is 12.7. The molecule has 2 aliphatic heterocycles. The maximum Gasteiger partial charge on any atom is 0.257 e. The van der Waals surface area contributed by atoms with Gasteiger partial charge in [-0.15, -0.1) is 11.3 Å². The second-order valence-corrected chi connectivity index (χ2v) is 9.34. The zero-order chi connectivity index (χ0) is 18.3. The highest BCUT2D eigenvalue weighted by atomic mass is 32.1. The third-order valence-electron chi connectivity index (χ3n) is 5.71. The number of nitrogens with zero attached hydrogens (tertiary/aromatic N) is 4. The van der Waals surface area contributed by atoms with Gasteiger partial charge in [-0.1, -0.05) is 19.9 Å². The van der Waals surface area contributed by atoms with Crippen molar-refractivity contribution in [3.05, 3.63) is 39.8 Å². The van der Waals surface area contributed by atoms with Crippen LogP contribution < -0.4 is 0 Å². The fourth-order valence-electron chi connectivity index (χ4n) is 4.40. The fourth-order valence-corrected chi connectivity index (χ4v) is 5.15. The van der Waals surface area contributed by atoms with E-state index in [1.807, 2.05) is 34.2 Å². The lowest BCUT2D eigenvalue weighted by Gasteiger charge is -2.45. The number of amides is 1. The van der Waals surface area contributed by atoms with Gasteiger partial charge in [0.15, 0.2) is 0 Å². The van der Waals surface area contributed by atoms with Crippen LogP contribution in [-0.4, -0.2) is 52.2 Å². The van der Waals surface area contributed by atoms with Gasteiger partial charge in [-0.2, -0.15) is 5.10 Å². The summed E-state index contributed by atoms with van der Waals surface area (Å²) >= 11 is 1.83. The first kappa shape index (κ1) is 17.7. The van der Waals surface area contributed by atoms with Crippen LogP contribution in [0.2, 0.25) is 0 Å². The van der Waals surface area contributed by atoms with Crippen LogP contribution >= 0.6 is 11.3 Å². The number of piperidine rings is 1. The van der Waals surface area contributed by atoms with E-state index in [4.69, 9.17) is 5.10 Å². The summed E-state index contributed by atoms with van der Waals surface area (Å²) in [6.45, 7) is 9.21. The van der Waals surface area contributed by atoms with Crippen LogP contribution in [0, 0.1) is 5.92 Å². The molecule has 0 aliphatic carbocycles. The van der Waals surface area contributed by atoms with Gasteiger partial charge in [0.1, 0.15) is 0 Å². The summed E-state index contributed by atoms with van der Waals surface area (Å²) in [6, 6.07) is 4.34. The number of rotatable bonds is 4. The summed E-state index contributed by atoms with van der Waals surface area (Å²) in [4.78, 5) is 18.6. The van der Waals surface area contributed by atoms with Gasteiger partial charge in [0.05, 0.1) is 11.3 Å². The van der Waals surface area contributed by atoms with Crippen LogP contribution in [0.25, 0.3) is 0 Å². The van der Waals surface area contributed by atoms with E-state index in [1.54, 1.807) is 0 Å². The van der Waals surface area contributed by atoms with E-state index in [0.717, 1.165) is 56.8 Å². The second kappa shape index (κ2) is 6.82. The van der Waals surface area contributed by atoms with Crippen LogP contribution in [0.5, 0.6) is 0 Å². The second-order valence-electron chi connectivity index (χ2n) is 8.30. The Morgan fingerprint density at radius 2 is 2.08 bits per heavy atom. The average Bonchev–Trinajstić information content (AvgIpc) is 3.25. The number of aromatic nitrogens is 2. The van der Waals surface area contributed by atoms with Gasteiger partial charge in [0.25, 0.3) is 5.91 Å². The molecule has 140 valence electrons. The molecule has 0 saturated carbocycles. The van der Waals surface area contributed by atoms with Crippen molar-refractivity contribution in [3.63, 3.8) is 0 Å². The van der Waals surface area contributed by atoms with Crippen LogP contribution in [0.15, 0.2) is 23.7 Å². The van der Waals surface area contributed by atoms with E-state index in [0.29, 0.717) is 5.92 Å². The molecule has 26 heavy (non-hydrogen) atoms. The zero-order valence-electron chi connectivity index (χ0n) is 15.9. The van der Waals surface area contributed by atoms with Crippen molar-refractivity contribution in [3.8, 4) is 0 Å². The van der Waals surface area contributed by atoms with Gasteiger partial charge in [-0.05, 0) is 43.3 Å². The van der Waals surface area contributed by atoms with Gasteiger partial charge < -0.3 is 4.90 Å². The van der Waals surface area contributed by atoms with E-state index >= 15 is 0 Å². The lowest BCUT2D eigenvalue weighted by molar-refractivity contribution is 0.0629. The number of carbonyl (C=O) groups excluding carboxylic acids is 1. The number of hydrogen-bond donors (Lipinski definition) is 0. The molecule has 1 amide bonds. The topological polar surface area (TPSA) is 41.4 Å². The number of hydrogen-bond acceptors (Lipinski definition) is 4. The Balaban J connectivity index is 1.56. The molecule has 2 aliphatic rings. The highest BCUT2D eigenvalue weighted by molar-refractivity contribution is 7.09. The minimum atomic E-state index is 0.0200. The van der Waals surface area contributed by atoms with Crippen LogP contribution in [-0.2, 0) is 18.5 Å². The lowest BCUT2D eigenvalue weighted by Crippen LogP contribution is -2.53. The first-order chi connectivity index (χ1) is 12.5. The third kappa shape index (κ3) is 3.21. The Morgan fingerprint density at radius 1 is 1.31 bits per heavy atom. The number of likely N-dealkylation sites (tertiary alicyclic amines) is 1. The average molecular weight is 373 g/mol. The molecule has 1 spiro atoms. The van der Waals surface area contributed by atoms with Gasteiger partial charge in [0.2, 0.25) is 0 Å². The minimum Gasteiger partial charge on any atom is -0.341 e. The monoisotopic (exact) mass is 372 g/mol. The van der Waals surface area contributed by atoms with E-state index in [1.165, 1.54) is 4.88 Å². The molecule has 2 aromatic heterocycles. The number of thiophene rings is 1. The maximum absolute atomic E-state index is 12.7. The summed E-state index contributed by atoms with van der Waals surface area (Å²) in [5.74, 6) is 0.648. The molecule has 2 aromatic rings. The third-order valence-corrected chi connectivity index (χ3v) is 6.57. The molecule has 0 bridgehead atoms. The minimum absolute atomic E-state index is 0.0200. The zero-order valence-corrected chi connectivity index (χ0v) is 16.8. The van der Waals surface area contributed by atoms with E-state index in [-0.39, 0.29) is 11.3 Å². The van der Waals surface area contributed by atoms with Crippen molar-refractivity contribution >= 4 is 17.2 Å². The highest BCUT2D eigenvalue weighted by Gasteiger charge is 2.46. The highest BCUT2D eigenvalue weighted by Crippen LogP contribution is 2.41. The molecule has 1 fully saturated rings. The first-order valence-electron chi connectivity index (χ1n) is 9.55. The molecule has 4 heterocycles. The summed E-state index contributed by atoms with van der Waals surface area (Å²) < 4.78 is 1.99. The van der Waals surface area contributed by atoms with Crippen molar-refractivity contribution in [2.24, 2.45) is 5.92 Å². The Labute approximate surface area is 159 Å². The van der Waals surface area contributed by atoms with Crippen molar-refractivity contribution < 1.29 is 4.79 Å². The van der Waals surface area contributed by atoms with Crippen LogP contribution in [0.4, 0.5) is 0 Å². The molecule has 0 atom stereocenters. The molecule has 4 rings (SSSR count). The summed E-state index contributed by atoms with van der Waals surface area (Å²) in [5, 5.41) is 7.06. The van der Waals surface area contributed by atoms with E-state index in [2.05, 4.69) is 36.3 Å². The fraction of sp³-hybridized carbons (Fsp3) is 0.600. The molecule has 6 heteroatoms. The molecule has 5 nitrogen and oxygen atoms in total. The first-order valence-corrected chi connectivity index (χ1v) is 10.4.